The molecule has 8 heteroatoms. The maximum Gasteiger partial charge on any atom is 0.243 e. The van der Waals surface area contributed by atoms with Crippen LogP contribution in [0.25, 0.3) is 0 Å². The zero-order valence-corrected chi connectivity index (χ0v) is 22.5. The average Bonchev–Trinajstić information content (AvgIpc) is 3.58. The van der Waals surface area contributed by atoms with Gasteiger partial charge in [0.15, 0.2) is 17.1 Å². The first-order valence-electron chi connectivity index (χ1n) is 13.9. The zero-order chi connectivity index (χ0) is 25.8. The van der Waals surface area contributed by atoms with Crippen LogP contribution in [0, 0.1) is 11.3 Å². The summed E-state index contributed by atoms with van der Waals surface area (Å²) in [6, 6.07) is 4.05. The molecule has 1 aromatic rings. The fraction of sp³-hybridized carbons (Fsp3) is 0.724. The number of rotatable bonds is 0. The predicted molar refractivity (Wildman–Crippen MR) is 136 cm³/mol. The Bertz CT molecular complexity index is 1290. The van der Waals surface area contributed by atoms with Crippen molar-refractivity contribution in [3.05, 3.63) is 17.7 Å². The van der Waals surface area contributed by atoms with E-state index >= 15 is 0 Å². The van der Waals surface area contributed by atoms with Crippen molar-refractivity contribution in [1.82, 2.24) is 9.80 Å². The molecule has 5 atom stereocenters. The smallest absolute Gasteiger partial charge is 0.243 e. The Hall–Kier alpha value is -2.32. The molecule has 7 heterocycles. The van der Waals surface area contributed by atoms with Crippen molar-refractivity contribution >= 4 is 17.5 Å². The minimum absolute atomic E-state index is 0.0222. The molecule has 0 aromatic heterocycles. The SMILES string of the molecule is CN1C(=O)[C@@]23CCCCN2C[C@@]12C[C@@]1(C(=O)Nc4c1ccc1c4OCC4(CO4)C(C)(C)O1)C(C)(C)[C@H]2C3. The van der Waals surface area contributed by atoms with Gasteiger partial charge in [-0.25, -0.2) is 0 Å². The Morgan fingerprint density at radius 2 is 1.86 bits per heavy atom. The maximum absolute atomic E-state index is 14.3. The molecule has 2 bridgehead atoms. The fourth-order valence-corrected chi connectivity index (χ4v) is 9.59. The molecule has 8 aliphatic rings. The van der Waals surface area contributed by atoms with E-state index < -0.39 is 22.2 Å². The number of nitrogens with zero attached hydrogens (tertiary/aromatic N) is 2. The highest BCUT2D eigenvalue weighted by Gasteiger charge is 2.79. The van der Waals surface area contributed by atoms with Crippen molar-refractivity contribution < 1.29 is 23.8 Å². The van der Waals surface area contributed by atoms with Gasteiger partial charge in [0.2, 0.25) is 11.8 Å². The van der Waals surface area contributed by atoms with Crippen LogP contribution in [-0.4, -0.2) is 77.2 Å². The summed E-state index contributed by atoms with van der Waals surface area (Å²) in [6.07, 6.45) is 4.63. The molecule has 4 spiro atoms. The summed E-state index contributed by atoms with van der Waals surface area (Å²) in [5, 5.41) is 3.27. The molecule has 198 valence electrons. The van der Waals surface area contributed by atoms with Crippen molar-refractivity contribution in [1.29, 1.82) is 0 Å². The fourth-order valence-electron chi connectivity index (χ4n) is 9.59. The average molecular weight is 508 g/mol. The van der Waals surface area contributed by atoms with Crippen LogP contribution in [0.5, 0.6) is 11.5 Å². The lowest BCUT2D eigenvalue weighted by Gasteiger charge is -2.67. The van der Waals surface area contributed by atoms with Crippen molar-refractivity contribution in [3.8, 4) is 11.5 Å². The number of piperazine rings is 1. The Morgan fingerprint density at radius 1 is 1.08 bits per heavy atom. The predicted octanol–water partition coefficient (Wildman–Crippen LogP) is 3.08. The second-order valence-electron chi connectivity index (χ2n) is 13.9. The topological polar surface area (TPSA) is 83.6 Å². The zero-order valence-electron chi connectivity index (χ0n) is 22.5. The third kappa shape index (κ3) is 2.25. The number of carbonyl (C=O) groups is 2. The van der Waals surface area contributed by atoms with Crippen LogP contribution in [0.15, 0.2) is 12.1 Å². The van der Waals surface area contributed by atoms with Crippen molar-refractivity contribution in [2.75, 3.05) is 38.7 Å². The van der Waals surface area contributed by atoms with Gasteiger partial charge < -0.3 is 24.4 Å². The second kappa shape index (κ2) is 6.28. The summed E-state index contributed by atoms with van der Waals surface area (Å²) in [6.45, 7) is 11.4. The van der Waals surface area contributed by atoms with Crippen LogP contribution in [-0.2, 0) is 19.7 Å². The quantitative estimate of drug-likeness (QED) is 0.544. The number of hydrogen-bond donors (Lipinski definition) is 1. The largest absolute Gasteiger partial charge is 0.484 e. The van der Waals surface area contributed by atoms with Gasteiger partial charge >= 0.3 is 0 Å². The number of epoxide rings is 1. The number of piperidine rings is 3. The number of hydrogen-bond acceptors (Lipinski definition) is 6. The molecule has 6 fully saturated rings. The minimum atomic E-state index is -0.754. The third-order valence-electron chi connectivity index (χ3n) is 12.1. The van der Waals surface area contributed by atoms with E-state index in [2.05, 4.69) is 35.0 Å². The van der Waals surface area contributed by atoms with E-state index in [1.54, 1.807) is 0 Å². The van der Waals surface area contributed by atoms with Gasteiger partial charge in [-0.15, -0.1) is 0 Å². The van der Waals surface area contributed by atoms with Crippen LogP contribution in [0.2, 0.25) is 0 Å². The van der Waals surface area contributed by atoms with Gasteiger partial charge in [0, 0.05) is 13.6 Å². The van der Waals surface area contributed by atoms with Gasteiger partial charge in [0.25, 0.3) is 0 Å². The Balaban J connectivity index is 1.28. The highest BCUT2D eigenvalue weighted by molar-refractivity contribution is 6.09. The number of fused-ring (bicyclic) bond motifs is 5. The van der Waals surface area contributed by atoms with Crippen LogP contribution < -0.4 is 14.8 Å². The van der Waals surface area contributed by atoms with Gasteiger partial charge in [0.1, 0.15) is 17.7 Å². The summed E-state index contributed by atoms with van der Waals surface area (Å²) < 4.78 is 18.7. The number of nitrogens with one attached hydrogen (secondary N) is 1. The van der Waals surface area contributed by atoms with E-state index in [1.165, 1.54) is 0 Å². The molecule has 5 saturated heterocycles. The van der Waals surface area contributed by atoms with Crippen molar-refractivity contribution in [3.63, 3.8) is 0 Å². The van der Waals surface area contributed by atoms with Crippen LogP contribution in [0.4, 0.5) is 5.69 Å². The maximum atomic E-state index is 14.3. The summed E-state index contributed by atoms with van der Waals surface area (Å²) in [5.41, 5.74) is -1.17. The number of likely N-dealkylation sites (N-methyl/N-ethyl adjacent to an activating group) is 1. The molecule has 1 unspecified atom stereocenters. The van der Waals surface area contributed by atoms with Gasteiger partial charge in [-0.1, -0.05) is 19.9 Å². The molecule has 1 aromatic carbocycles. The minimum Gasteiger partial charge on any atom is -0.484 e. The standard InChI is InChI=1S/C29H37N3O5/c1-24(2)19-12-26-10-6-7-11-32(26)14-27(19,31(5)23(26)34)13-29(24)17-8-9-18-21(20(17)30-22(29)33)35-15-28(16-36-28)25(3,4)37-18/h8-9,19H,6-7,10-16H2,1-5H3,(H,30,33)/t19-,26+,27-,28?,29-/m1/s1. The van der Waals surface area contributed by atoms with E-state index in [0.717, 1.165) is 50.0 Å². The van der Waals surface area contributed by atoms with Crippen LogP contribution >= 0.6 is 0 Å². The monoisotopic (exact) mass is 507 g/mol. The molecule has 9 rings (SSSR count). The molecule has 1 saturated carbocycles. The molecule has 1 aliphatic carbocycles. The molecule has 2 amide bonds. The molecule has 37 heavy (non-hydrogen) atoms. The van der Waals surface area contributed by atoms with Crippen molar-refractivity contribution in [2.45, 2.75) is 87.5 Å². The molecule has 1 N–H and O–H groups in total. The lowest BCUT2D eigenvalue weighted by Crippen LogP contribution is -2.80. The number of ether oxygens (including phenoxy) is 3. The first-order chi connectivity index (χ1) is 17.4. The Labute approximate surface area is 218 Å². The number of anilines is 1. The summed E-state index contributed by atoms with van der Waals surface area (Å²) in [7, 11) is 2.00. The van der Waals surface area contributed by atoms with E-state index in [1.807, 2.05) is 27.0 Å². The lowest BCUT2D eigenvalue weighted by molar-refractivity contribution is -0.196. The van der Waals surface area contributed by atoms with E-state index in [9.17, 15) is 9.59 Å². The van der Waals surface area contributed by atoms with Crippen LogP contribution in [0.3, 0.4) is 0 Å². The van der Waals surface area contributed by atoms with Crippen molar-refractivity contribution in [2.24, 2.45) is 11.3 Å². The number of amides is 2. The lowest BCUT2D eigenvalue weighted by atomic mass is 9.56. The molecule has 8 nitrogen and oxygen atoms in total. The van der Waals surface area contributed by atoms with Gasteiger partial charge in [-0.05, 0) is 75.5 Å². The summed E-state index contributed by atoms with van der Waals surface area (Å²) >= 11 is 0. The summed E-state index contributed by atoms with van der Waals surface area (Å²) in [5.74, 6) is 1.76. The normalized spacial score (nSPS) is 43.9. The molecule has 7 aliphatic heterocycles. The molecule has 0 radical (unpaired) electrons. The second-order valence-corrected chi connectivity index (χ2v) is 13.9. The van der Waals surface area contributed by atoms with Crippen LogP contribution in [0.1, 0.15) is 65.4 Å². The first kappa shape index (κ1) is 22.6. The number of carbonyl (C=O) groups excluding carboxylic acids is 2. The van der Waals surface area contributed by atoms with E-state index in [4.69, 9.17) is 14.2 Å². The number of benzene rings is 1. The Kier molecular flexibility index (Phi) is 3.84. The third-order valence-corrected chi connectivity index (χ3v) is 12.1. The van der Waals surface area contributed by atoms with E-state index in [0.29, 0.717) is 31.1 Å². The first-order valence-corrected chi connectivity index (χ1v) is 13.9. The molecular formula is C29H37N3O5. The van der Waals surface area contributed by atoms with Gasteiger partial charge in [-0.2, -0.15) is 0 Å². The van der Waals surface area contributed by atoms with Gasteiger partial charge in [0.05, 0.1) is 23.2 Å². The molecular weight excluding hydrogens is 470 g/mol. The van der Waals surface area contributed by atoms with E-state index in [-0.39, 0.29) is 28.7 Å². The van der Waals surface area contributed by atoms with Gasteiger partial charge in [-0.3, -0.25) is 14.5 Å². The highest BCUT2D eigenvalue weighted by atomic mass is 16.7. The summed E-state index contributed by atoms with van der Waals surface area (Å²) in [4.78, 5) is 32.7. The Morgan fingerprint density at radius 3 is 2.62 bits per heavy atom. The highest BCUT2D eigenvalue weighted by Crippen LogP contribution is 2.72.